The number of anilines is 2. The number of aliphatic hydroxyl groups is 1. The summed E-state index contributed by atoms with van der Waals surface area (Å²) in [6, 6.07) is 14.2. The van der Waals surface area contributed by atoms with Crippen LogP contribution in [0.15, 0.2) is 59.5 Å². The van der Waals surface area contributed by atoms with Crippen LogP contribution >= 0.6 is 23.2 Å². The fourth-order valence-corrected chi connectivity index (χ4v) is 3.85. The molecule has 0 radical (unpaired) electrons. The first-order chi connectivity index (χ1) is 15.0. The molecule has 32 heavy (non-hydrogen) atoms. The molecule has 0 aliphatic rings. The van der Waals surface area contributed by atoms with Crippen LogP contribution in [0, 0.1) is 0 Å². The second-order valence-electron chi connectivity index (χ2n) is 6.70. The first-order valence-electron chi connectivity index (χ1n) is 9.40. The van der Waals surface area contributed by atoms with E-state index in [2.05, 4.69) is 15.3 Å². The number of halogens is 2. The maximum Gasteiger partial charge on any atom is 0.293 e. The molecule has 7 nitrogen and oxygen atoms in total. The van der Waals surface area contributed by atoms with E-state index in [-0.39, 0.29) is 19.6 Å². The molecule has 9 heteroatoms. The number of nitrogens with one attached hydrogen (secondary N) is 1. The van der Waals surface area contributed by atoms with Gasteiger partial charge in [-0.1, -0.05) is 48.8 Å². The fraction of sp³-hybridized carbons (Fsp3) is 0.174. The number of aliphatic hydroxyl groups excluding tert-OH is 1. The fourth-order valence-electron chi connectivity index (χ4n) is 3.25. The highest BCUT2D eigenvalue weighted by molar-refractivity contribution is 6.39. The molecule has 166 valence electrons. The Labute approximate surface area is 195 Å². The molecule has 2 N–H and O–H groups in total. The number of aromatic nitrogens is 3. The second-order valence-corrected chi connectivity index (χ2v) is 7.52. The molecule has 2 aromatic carbocycles. The summed E-state index contributed by atoms with van der Waals surface area (Å²) < 4.78 is 1.08. The Morgan fingerprint density at radius 1 is 1.12 bits per heavy atom. The average Bonchev–Trinajstić information content (AvgIpc) is 2.76. The van der Waals surface area contributed by atoms with Gasteiger partial charge in [0.25, 0.3) is 5.56 Å². The molecule has 0 spiro atoms. The summed E-state index contributed by atoms with van der Waals surface area (Å²) >= 11 is 12.6. The largest absolute Gasteiger partial charge is 0.412 e. The van der Waals surface area contributed by atoms with Crippen LogP contribution in [0.5, 0.6) is 0 Å². The number of benzene rings is 2. The van der Waals surface area contributed by atoms with Gasteiger partial charge in [0.15, 0.2) is 5.65 Å². The summed E-state index contributed by atoms with van der Waals surface area (Å²) in [5.41, 5.74) is 2.36. The number of fused-ring (bicyclic) bond motifs is 1. The summed E-state index contributed by atoms with van der Waals surface area (Å²) in [7, 11) is 1.38. The van der Waals surface area contributed by atoms with E-state index in [0.717, 1.165) is 16.0 Å². The van der Waals surface area contributed by atoms with Crippen molar-refractivity contribution in [2.75, 3.05) is 19.0 Å². The Hall–Kier alpha value is -3.13. The first kappa shape index (κ1) is 23.5. The van der Waals surface area contributed by atoms with Gasteiger partial charge in [0.2, 0.25) is 5.95 Å². The van der Waals surface area contributed by atoms with Crippen molar-refractivity contribution in [1.29, 1.82) is 0 Å². The Bertz CT molecular complexity index is 1290. The highest BCUT2D eigenvalue weighted by Crippen LogP contribution is 2.33. The molecule has 0 atom stereocenters. The van der Waals surface area contributed by atoms with E-state index >= 15 is 0 Å². The van der Waals surface area contributed by atoms with E-state index in [4.69, 9.17) is 33.1 Å². The van der Waals surface area contributed by atoms with Crippen LogP contribution in [-0.4, -0.2) is 33.5 Å². The van der Waals surface area contributed by atoms with Crippen molar-refractivity contribution in [1.82, 2.24) is 14.7 Å². The van der Waals surface area contributed by atoms with Crippen LogP contribution in [0.25, 0.3) is 22.2 Å². The highest BCUT2D eigenvalue weighted by Gasteiger charge is 2.18. The van der Waals surface area contributed by atoms with Crippen LogP contribution in [0.4, 0.5) is 11.6 Å². The molecule has 0 bridgehead atoms. The maximum absolute atomic E-state index is 13.1. The van der Waals surface area contributed by atoms with E-state index in [9.17, 15) is 4.79 Å². The Balaban J connectivity index is 0.00000289. The zero-order chi connectivity index (χ0) is 22.0. The normalized spacial score (nSPS) is 10.6. The molecule has 0 saturated heterocycles. The molecule has 4 aromatic rings. The highest BCUT2D eigenvalue weighted by atomic mass is 35.5. The second kappa shape index (κ2) is 9.99. The van der Waals surface area contributed by atoms with Crippen LogP contribution in [0.3, 0.4) is 0 Å². The lowest BCUT2D eigenvalue weighted by atomic mass is 10.1. The molecule has 0 aliphatic carbocycles. The summed E-state index contributed by atoms with van der Waals surface area (Å²) in [5.74, 6) is 0.302. The van der Waals surface area contributed by atoms with Crippen molar-refractivity contribution in [3.63, 3.8) is 0 Å². The van der Waals surface area contributed by atoms with Gasteiger partial charge < -0.3 is 15.3 Å². The summed E-state index contributed by atoms with van der Waals surface area (Å²) in [4.78, 5) is 27.2. The smallest absolute Gasteiger partial charge is 0.293 e. The van der Waals surface area contributed by atoms with Gasteiger partial charge in [-0.15, -0.1) is 4.73 Å². The van der Waals surface area contributed by atoms with Gasteiger partial charge >= 0.3 is 0 Å². The summed E-state index contributed by atoms with van der Waals surface area (Å²) in [5, 5.41) is 13.4. The zero-order valence-corrected chi connectivity index (χ0v) is 18.0. The predicted molar refractivity (Wildman–Crippen MR) is 129 cm³/mol. The van der Waals surface area contributed by atoms with E-state index in [1.54, 1.807) is 30.5 Å². The van der Waals surface area contributed by atoms with Crippen LogP contribution in [0.1, 0.15) is 13.0 Å². The van der Waals surface area contributed by atoms with E-state index < -0.39 is 5.56 Å². The van der Waals surface area contributed by atoms with Gasteiger partial charge in [0.05, 0.1) is 15.6 Å². The third kappa shape index (κ3) is 4.55. The molecular formula is C23H22Cl2N4O3. The number of nitrogens with zero attached hydrogens (tertiary/aromatic N) is 3. The molecular weight excluding hydrogens is 451 g/mol. The third-order valence-electron chi connectivity index (χ3n) is 4.73. The van der Waals surface area contributed by atoms with Gasteiger partial charge in [-0.2, -0.15) is 4.98 Å². The minimum absolute atomic E-state index is 0. The molecule has 4 rings (SSSR count). The minimum atomic E-state index is -0.442. The van der Waals surface area contributed by atoms with Crippen molar-refractivity contribution in [3.05, 3.63) is 80.7 Å². The Morgan fingerprint density at radius 2 is 1.81 bits per heavy atom. The molecule has 0 fully saturated rings. The number of hydrogen-bond donors (Lipinski definition) is 2. The Morgan fingerprint density at radius 3 is 2.44 bits per heavy atom. The predicted octanol–water partition coefficient (Wildman–Crippen LogP) is 4.74. The van der Waals surface area contributed by atoms with Crippen LogP contribution < -0.4 is 15.7 Å². The minimum Gasteiger partial charge on any atom is -0.412 e. The first-order valence-corrected chi connectivity index (χ1v) is 10.2. The quantitative estimate of drug-likeness (QED) is 0.421. The van der Waals surface area contributed by atoms with Gasteiger partial charge in [-0.05, 0) is 42.3 Å². The van der Waals surface area contributed by atoms with E-state index in [1.165, 1.54) is 7.11 Å². The summed E-state index contributed by atoms with van der Waals surface area (Å²) in [6.07, 6.45) is 2.18. The number of pyridine rings is 1. The van der Waals surface area contributed by atoms with Crippen molar-refractivity contribution in [3.8, 4) is 11.1 Å². The van der Waals surface area contributed by atoms with Crippen molar-refractivity contribution in [2.45, 2.75) is 13.8 Å². The average molecular weight is 473 g/mol. The molecule has 2 heterocycles. The lowest BCUT2D eigenvalue weighted by Gasteiger charge is -2.13. The number of hydrogen-bond acceptors (Lipinski definition) is 6. The van der Waals surface area contributed by atoms with Crippen LogP contribution in [-0.2, 0) is 6.42 Å². The van der Waals surface area contributed by atoms with E-state index in [0.29, 0.717) is 39.0 Å². The summed E-state index contributed by atoms with van der Waals surface area (Å²) in [6.45, 7) is 0.0938. The van der Waals surface area contributed by atoms with Crippen molar-refractivity contribution in [2.24, 2.45) is 0 Å². The number of rotatable bonds is 6. The zero-order valence-electron chi connectivity index (χ0n) is 16.5. The monoisotopic (exact) mass is 472 g/mol. The van der Waals surface area contributed by atoms with E-state index in [1.807, 2.05) is 24.3 Å². The van der Waals surface area contributed by atoms with Gasteiger partial charge in [0, 0.05) is 29.4 Å². The Kier molecular flexibility index (Phi) is 7.35. The van der Waals surface area contributed by atoms with Crippen molar-refractivity contribution >= 4 is 45.9 Å². The lowest BCUT2D eigenvalue weighted by molar-refractivity contribution is 0.168. The molecule has 0 aliphatic heterocycles. The lowest BCUT2D eigenvalue weighted by Crippen LogP contribution is -2.27. The van der Waals surface area contributed by atoms with Crippen molar-refractivity contribution < 1.29 is 9.94 Å². The van der Waals surface area contributed by atoms with Crippen LogP contribution in [0.2, 0.25) is 10.0 Å². The topological polar surface area (TPSA) is 89.3 Å². The van der Waals surface area contributed by atoms with Gasteiger partial charge in [-0.25, -0.2) is 4.98 Å². The van der Waals surface area contributed by atoms with Gasteiger partial charge in [0.1, 0.15) is 7.11 Å². The van der Waals surface area contributed by atoms with Gasteiger partial charge in [-0.3, -0.25) is 4.79 Å². The molecule has 0 saturated carbocycles. The molecule has 0 amide bonds. The SMILES string of the molecule is C.COn1c(=O)c(-c2c(Cl)cccc2Cl)cc2cnc(Nc3ccc(CCO)cc3)nc21. The maximum atomic E-state index is 13.1. The molecule has 2 aromatic heterocycles. The third-order valence-corrected chi connectivity index (χ3v) is 5.36. The molecule has 0 unspecified atom stereocenters. The standard InChI is InChI=1S/C22H18Cl2N4O3.CH4/c1-31-28-20-14(11-16(21(28)30)19-17(23)3-2-4-18(19)24)12-25-22(27-20)26-15-7-5-13(6-8-15)9-10-29;/h2-8,11-12,29H,9-10H2,1H3,(H,25,26,27);1H4.